The first-order chi connectivity index (χ1) is 9.44. The molecule has 116 valence electrons. The second kappa shape index (κ2) is 6.76. The summed E-state index contributed by atoms with van der Waals surface area (Å²) in [6.45, 7) is 7.43. The van der Waals surface area contributed by atoms with Crippen LogP contribution in [0.1, 0.15) is 52.9 Å². The number of piperidine rings is 1. The summed E-state index contributed by atoms with van der Waals surface area (Å²) >= 11 is 0. The van der Waals surface area contributed by atoms with Crippen LogP contribution in [0.5, 0.6) is 0 Å². The number of amides is 1. The van der Waals surface area contributed by atoms with Gasteiger partial charge in [0.2, 0.25) is 0 Å². The molecule has 0 aliphatic carbocycles. The second-order valence-electron chi connectivity index (χ2n) is 6.83. The predicted octanol–water partition coefficient (Wildman–Crippen LogP) is 2.20. The third-order valence-electron chi connectivity index (χ3n) is 3.83. The van der Waals surface area contributed by atoms with Crippen molar-refractivity contribution >= 4 is 6.09 Å². The fraction of sp³-hybridized carbons (Fsp3) is 0.933. The maximum atomic E-state index is 11.8. The van der Waals surface area contributed by atoms with E-state index in [1.807, 2.05) is 20.8 Å². The van der Waals surface area contributed by atoms with Crippen LogP contribution in [0.2, 0.25) is 0 Å². The molecule has 0 bridgehead atoms. The predicted molar refractivity (Wildman–Crippen MR) is 77.8 cm³/mol. The van der Waals surface area contributed by atoms with E-state index in [0.717, 1.165) is 19.4 Å². The summed E-state index contributed by atoms with van der Waals surface area (Å²) in [5.41, 5.74) is -0.445. The SMILES string of the molecule is CC(C)(C)OC(=O)NC1CCOC(C2CCCCN2)C1. The van der Waals surface area contributed by atoms with Crippen LogP contribution in [-0.2, 0) is 9.47 Å². The van der Waals surface area contributed by atoms with E-state index in [-0.39, 0.29) is 18.2 Å². The molecule has 0 aromatic carbocycles. The molecule has 20 heavy (non-hydrogen) atoms. The minimum absolute atomic E-state index is 0.160. The van der Waals surface area contributed by atoms with Crippen molar-refractivity contribution < 1.29 is 14.3 Å². The highest BCUT2D eigenvalue weighted by molar-refractivity contribution is 5.68. The number of alkyl carbamates (subject to hydrolysis) is 1. The maximum absolute atomic E-state index is 11.8. The molecule has 1 amide bonds. The molecule has 3 atom stereocenters. The van der Waals surface area contributed by atoms with E-state index in [0.29, 0.717) is 12.6 Å². The molecule has 2 rings (SSSR count). The number of nitrogens with one attached hydrogen (secondary N) is 2. The summed E-state index contributed by atoms with van der Waals surface area (Å²) in [5, 5.41) is 6.51. The Balaban J connectivity index is 1.79. The van der Waals surface area contributed by atoms with Crippen LogP contribution in [0.3, 0.4) is 0 Å². The fourth-order valence-electron chi connectivity index (χ4n) is 2.91. The summed E-state index contributed by atoms with van der Waals surface area (Å²) in [6, 6.07) is 0.597. The standard InChI is InChI=1S/C15H28N2O3/c1-15(2,3)20-14(18)17-11-7-9-19-13(10-11)12-6-4-5-8-16-12/h11-13,16H,4-10H2,1-3H3,(H,17,18). The van der Waals surface area contributed by atoms with Crippen LogP contribution >= 0.6 is 0 Å². The highest BCUT2D eigenvalue weighted by Gasteiger charge is 2.31. The molecular weight excluding hydrogens is 256 g/mol. The number of carbonyl (C=O) groups excluding carboxylic acids is 1. The lowest BCUT2D eigenvalue weighted by Crippen LogP contribution is -2.51. The lowest BCUT2D eigenvalue weighted by molar-refractivity contribution is -0.0269. The zero-order valence-corrected chi connectivity index (χ0v) is 12.9. The molecule has 2 heterocycles. The van der Waals surface area contributed by atoms with Crippen molar-refractivity contribution in [2.45, 2.75) is 76.7 Å². The van der Waals surface area contributed by atoms with E-state index in [4.69, 9.17) is 9.47 Å². The number of hydrogen-bond acceptors (Lipinski definition) is 4. The average Bonchev–Trinajstić information content (AvgIpc) is 2.38. The summed E-state index contributed by atoms with van der Waals surface area (Å²) in [6.07, 6.45) is 5.32. The zero-order chi connectivity index (χ0) is 14.6. The van der Waals surface area contributed by atoms with E-state index in [1.54, 1.807) is 0 Å². The monoisotopic (exact) mass is 284 g/mol. The zero-order valence-electron chi connectivity index (χ0n) is 12.9. The molecule has 0 aromatic heterocycles. The van der Waals surface area contributed by atoms with Gasteiger partial charge in [0.1, 0.15) is 5.60 Å². The Hall–Kier alpha value is -0.810. The molecule has 0 aromatic rings. The number of rotatable bonds is 2. The molecule has 2 aliphatic heterocycles. The highest BCUT2D eigenvalue weighted by atomic mass is 16.6. The van der Waals surface area contributed by atoms with Gasteiger partial charge >= 0.3 is 6.09 Å². The Morgan fingerprint density at radius 3 is 2.75 bits per heavy atom. The van der Waals surface area contributed by atoms with Gasteiger partial charge in [-0.05, 0) is 53.0 Å². The van der Waals surface area contributed by atoms with E-state index in [1.165, 1.54) is 19.3 Å². The Labute approximate surface area is 121 Å². The molecule has 0 spiro atoms. The number of ether oxygens (including phenoxy) is 2. The summed E-state index contributed by atoms with van der Waals surface area (Å²) in [7, 11) is 0. The largest absolute Gasteiger partial charge is 0.444 e. The lowest BCUT2D eigenvalue weighted by atomic mass is 9.92. The molecule has 0 radical (unpaired) electrons. The molecule has 2 N–H and O–H groups in total. The van der Waals surface area contributed by atoms with Gasteiger partial charge in [0.15, 0.2) is 0 Å². The number of hydrogen-bond donors (Lipinski definition) is 2. The highest BCUT2D eigenvalue weighted by Crippen LogP contribution is 2.22. The normalized spacial score (nSPS) is 31.6. The Morgan fingerprint density at radius 2 is 2.10 bits per heavy atom. The fourth-order valence-corrected chi connectivity index (χ4v) is 2.91. The van der Waals surface area contributed by atoms with Crippen LogP contribution in [0.15, 0.2) is 0 Å². The molecule has 0 saturated carbocycles. The summed E-state index contributed by atoms with van der Waals surface area (Å²) < 4.78 is 11.2. The smallest absolute Gasteiger partial charge is 0.407 e. The van der Waals surface area contributed by atoms with E-state index in [2.05, 4.69) is 10.6 Å². The van der Waals surface area contributed by atoms with Crippen molar-refractivity contribution in [3.8, 4) is 0 Å². The second-order valence-corrected chi connectivity index (χ2v) is 6.83. The number of carbonyl (C=O) groups is 1. The van der Waals surface area contributed by atoms with Crippen LogP contribution in [0.4, 0.5) is 4.79 Å². The Bertz CT molecular complexity index is 322. The minimum atomic E-state index is -0.445. The molecule has 2 saturated heterocycles. The molecule has 2 fully saturated rings. The van der Waals surface area contributed by atoms with E-state index >= 15 is 0 Å². The van der Waals surface area contributed by atoms with Crippen molar-refractivity contribution in [1.82, 2.24) is 10.6 Å². The molecular formula is C15H28N2O3. The third-order valence-corrected chi connectivity index (χ3v) is 3.83. The minimum Gasteiger partial charge on any atom is -0.444 e. The summed E-state index contributed by atoms with van der Waals surface area (Å²) in [5.74, 6) is 0. The lowest BCUT2D eigenvalue weighted by Gasteiger charge is -2.37. The maximum Gasteiger partial charge on any atom is 0.407 e. The van der Waals surface area contributed by atoms with Crippen molar-refractivity contribution in [2.75, 3.05) is 13.2 Å². The topological polar surface area (TPSA) is 59.6 Å². The van der Waals surface area contributed by atoms with Crippen molar-refractivity contribution in [3.05, 3.63) is 0 Å². The van der Waals surface area contributed by atoms with Crippen LogP contribution in [-0.4, -0.2) is 43.0 Å². The van der Waals surface area contributed by atoms with Crippen LogP contribution < -0.4 is 10.6 Å². The first-order valence-electron chi connectivity index (χ1n) is 7.78. The van der Waals surface area contributed by atoms with Gasteiger partial charge in [-0.3, -0.25) is 0 Å². The Kier molecular flexibility index (Phi) is 5.27. The van der Waals surface area contributed by atoms with Gasteiger partial charge in [-0.15, -0.1) is 0 Å². The van der Waals surface area contributed by atoms with Crippen molar-refractivity contribution in [3.63, 3.8) is 0 Å². The van der Waals surface area contributed by atoms with Crippen LogP contribution in [0.25, 0.3) is 0 Å². The molecule has 5 heteroatoms. The summed E-state index contributed by atoms with van der Waals surface area (Å²) in [4.78, 5) is 11.8. The van der Waals surface area contributed by atoms with Gasteiger partial charge in [0, 0.05) is 18.7 Å². The van der Waals surface area contributed by atoms with Gasteiger partial charge in [-0.25, -0.2) is 4.79 Å². The molecule has 2 aliphatic rings. The third kappa shape index (κ3) is 4.94. The van der Waals surface area contributed by atoms with Gasteiger partial charge < -0.3 is 20.1 Å². The van der Waals surface area contributed by atoms with E-state index < -0.39 is 5.60 Å². The first kappa shape index (κ1) is 15.6. The van der Waals surface area contributed by atoms with Crippen molar-refractivity contribution in [2.24, 2.45) is 0 Å². The average molecular weight is 284 g/mol. The van der Waals surface area contributed by atoms with Gasteiger partial charge in [0.25, 0.3) is 0 Å². The quantitative estimate of drug-likeness (QED) is 0.816. The van der Waals surface area contributed by atoms with E-state index in [9.17, 15) is 4.79 Å². The van der Waals surface area contributed by atoms with Gasteiger partial charge in [0.05, 0.1) is 6.10 Å². The first-order valence-corrected chi connectivity index (χ1v) is 7.78. The molecule has 3 unspecified atom stereocenters. The van der Waals surface area contributed by atoms with Crippen molar-refractivity contribution in [1.29, 1.82) is 0 Å². The Morgan fingerprint density at radius 1 is 1.30 bits per heavy atom. The van der Waals surface area contributed by atoms with Gasteiger partial charge in [-0.2, -0.15) is 0 Å². The molecule has 5 nitrogen and oxygen atoms in total. The van der Waals surface area contributed by atoms with Crippen LogP contribution in [0, 0.1) is 0 Å². The van der Waals surface area contributed by atoms with Gasteiger partial charge in [-0.1, -0.05) is 6.42 Å².